The quantitative estimate of drug-likeness (QED) is 0.115. The number of hydroxylamine groups is 1. The average molecular weight is 619 g/mol. The van der Waals surface area contributed by atoms with E-state index in [0.717, 1.165) is 5.56 Å². The molecule has 3 aliphatic rings. The fraction of sp³-hybridized carbons (Fsp3) is 0.448. The molecule has 0 spiro atoms. The smallest absolute Gasteiger partial charge is 0.275 e. The molecule has 8 N–H and O–H groups in total. The van der Waals surface area contributed by atoms with Gasteiger partial charge in [0.1, 0.15) is 49.5 Å². The molecule has 2 heterocycles. The van der Waals surface area contributed by atoms with Crippen molar-refractivity contribution in [3.63, 3.8) is 0 Å². The summed E-state index contributed by atoms with van der Waals surface area (Å²) in [5, 5.41) is 65.0. The van der Waals surface area contributed by atoms with Crippen molar-refractivity contribution in [3.05, 3.63) is 65.2 Å². The average Bonchev–Trinajstić information content (AvgIpc) is 3.61. The summed E-state index contributed by atoms with van der Waals surface area (Å²) in [4.78, 5) is 30.4. The second-order valence-corrected chi connectivity index (χ2v) is 10.7. The van der Waals surface area contributed by atoms with Crippen LogP contribution in [0.1, 0.15) is 18.1 Å². The summed E-state index contributed by atoms with van der Waals surface area (Å²) in [7, 11) is 0. The van der Waals surface area contributed by atoms with Crippen LogP contribution in [-0.2, 0) is 35.2 Å². The van der Waals surface area contributed by atoms with Crippen molar-refractivity contribution in [2.24, 2.45) is 0 Å². The third-order valence-corrected chi connectivity index (χ3v) is 7.60. The number of rotatable bonds is 9. The van der Waals surface area contributed by atoms with Gasteiger partial charge in [0.15, 0.2) is 17.6 Å². The molecule has 0 radical (unpaired) electrons. The van der Waals surface area contributed by atoms with Gasteiger partial charge in [0.05, 0.1) is 12.6 Å². The van der Waals surface area contributed by atoms with E-state index < -0.39 is 78.7 Å². The first kappa shape index (κ1) is 31.8. The Morgan fingerprint density at radius 2 is 1.64 bits per heavy atom. The second-order valence-electron chi connectivity index (χ2n) is 10.7. The minimum atomic E-state index is -1.65. The normalized spacial score (nSPS) is 33.5. The van der Waals surface area contributed by atoms with E-state index in [9.17, 15) is 40.2 Å². The van der Waals surface area contributed by atoms with Crippen molar-refractivity contribution in [1.29, 1.82) is 0 Å². The molecule has 2 aromatic carbocycles. The van der Waals surface area contributed by atoms with Gasteiger partial charge in [-0.3, -0.25) is 14.4 Å². The van der Waals surface area contributed by atoms with Gasteiger partial charge in [-0.15, -0.1) is 0 Å². The van der Waals surface area contributed by atoms with E-state index in [0.29, 0.717) is 5.56 Å². The molecule has 3 fully saturated rings. The predicted molar refractivity (Wildman–Crippen MR) is 147 cm³/mol. The molecule has 1 saturated carbocycles. The standard InChI is InChI=1S/C29H34N2O13/c1-13(27(38)30-18-19(33)21(35)25-24(20(18)34)40-12-41-25)9-15-7-8-17(16(32)10-15)43-29-23(37)22(36)26(44-29)28(39)31-42-11-14-5-3-2-4-6-14/h2-10,18-26,29,32-37H,11-12H2,1H3,(H,30,38)(H,31,39)/b13-9+/t18-,19+,20-,21-,22+,23+,24+,25-,26+,29-/m1/s1. The molecule has 2 aromatic rings. The third kappa shape index (κ3) is 6.71. The highest BCUT2D eigenvalue weighted by molar-refractivity contribution is 5.97. The van der Waals surface area contributed by atoms with Crippen LogP contribution in [0.5, 0.6) is 11.5 Å². The Morgan fingerprint density at radius 1 is 0.932 bits per heavy atom. The monoisotopic (exact) mass is 618 g/mol. The van der Waals surface area contributed by atoms with Crippen LogP contribution < -0.4 is 15.5 Å². The van der Waals surface area contributed by atoms with Gasteiger partial charge < -0.3 is 54.9 Å². The molecule has 0 aromatic heterocycles. The molecule has 15 nitrogen and oxygen atoms in total. The van der Waals surface area contributed by atoms with Crippen molar-refractivity contribution in [2.45, 2.75) is 74.7 Å². The van der Waals surface area contributed by atoms with Gasteiger partial charge in [-0.25, -0.2) is 5.48 Å². The molecule has 5 rings (SSSR count). The number of aromatic hydroxyl groups is 1. The summed E-state index contributed by atoms with van der Waals surface area (Å²) in [6, 6.07) is 11.9. The fourth-order valence-electron chi connectivity index (χ4n) is 5.17. The molecule has 1 aliphatic carbocycles. The van der Waals surface area contributed by atoms with E-state index in [2.05, 4.69) is 10.8 Å². The van der Waals surface area contributed by atoms with Crippen molar-refractivity contribution in [1.82, 2.24) is 10.8 Å². The highest BCUT2D eigenvalue weighted by Gasteiger charge is 2.53. The molecule has 10 atom stereocenters. The lowest BCUT2D eigenvalue weighted by Gasteiger charge is -2.41. The molecular weight excluding hydrogens is 584 g/mol. The summed E-state index contributed by atoms with van der Waals surface area (Å²) in [6.07, 6.45) is -11.0. The largest absolute Gasteiger partial charge is 0.504 e. The Kier molecular flexibility index (Phi) is 9.79. The van der Waals surface area contributed by atoms with Crippen LogP contribution in [0, 0.1) is 0 Å². The zero-order valence-electron chi connectivity index (χ0n) is 23.4. The molecule has 0 bridgehead atoms. The number of amides is 2. The SMILES string of the molecule is C/C(=C\c1ccc(O[C@@H]2O[C@H](C(=O)NOCc3ccccc3)[C@@H](O)[C@@H]2O)c(O)c1)C(=O)N[C@@H]1[C@H](O)[C@@H](O)[C@H]2OCO[C@H]2[C@@H]1O. The summed E-state index contributed by atoms with van der Waals surface area (Å²) >= 11 is 0. The first-order valence-corrected chi connectivity index (χ1v) is 13.8. The molecular formula is C29H34N2O13. The van der Waals surface area contributed by atoms with Crippen molar-refractivity contribution < 1.29 is 64.0 Å². The van der Waals surface area contributed by atoms with E-state index >= 15 is 0 Å². The zero-order valence-corrected chi connectivity index (χ0v) is 23.4. The third-order valence-electron chi connectivity index (χ3n) is 7.60. The molecule has 2 amide bonds. The maximum atomic E-state index is 12.8. The Labute approximate surface area is 251 Å². The van der Waals surface area contributed by atoms with Crippen molar-refractivity contribution in [2.75, 3.05) is 6.79 Å². The van der Waals surface area contributed by atoms with E-state index in [4.69, 9.17) is 23.8 Å². The van der Waals surface area contributed by atoms with Gasteiger partial charge in [-0.2, -0.15) is 0 Å². The molecule has 44 heavy (non-hydrogen) atoms. The first-order chi connectivity index (χ1) is 21.0. The molecule has 15 heteroatoms. The Bertz CT molecular complexity index is 1360. The van der Waals surface area contributed by atoms with Crippen molar-refractivity contribution >= 4 is 17.9 Å². The molecule has 0 unspecified atom stereocenters. The van der Waals surface area contributed by atoms with Crippen LogP contribution in [0.4, 0.5) is 0 Å². The maximum Gasteiger partial charge on any atom is 0.275 e. The number of hydrogen-bond donors (Lipinski definition) is 8. The number of benzene rings is 2. The number of fused-ring (bicyclic) bond motifs is 1. The Morgan fingerprint density at radius 3 is 2.34 bits per heavy atom. The number of hydrogen-bond acceptors (Lipinski definition) is 13. The second kappa shape index (κ2) is 13.6. The highest BCUT2D eigenvalue weighted by Crippen LogP contribution is 2.33. The van der Waals surface area contributed by atoms with Gasteiger partial charge in [0.25, 0.3) is 5.91 Å². The van der Waals surface area contributed by atoms with E-state index in [1.165, 1.54) is 31.2 Å². The number of phenols is 1. The van der Waals surface area contributed by atoms with E-state index in [-0.39, 0.29) is 24.7 Å². The number of aliphatic hydroxyl groups excluding tert-OH is 5. The maximum absolute atomic E-state index is 12.8. The Hall–Kier alpha value is -3.64. The minimum Gasteiger partial charge on any atom is -0.504 e. The Balaban J connectivity index is 1.16. The van der Waals surface area contributed by atoms with Crippen LogP contribution >= 0.6 is 0 Å². The number of carbonyl (C=O) groups is 2. The number of ether oxygens (including phenoxy) is 4. The molecule has 238 valence electrons. The summed E-state index contributed by atoms with van der Waals surface area (Å²) in [6.45, 7) is 1.36. The fourth-order valence-corrected chi connectivity index (χ4v) is 5.17. The van der Waals surface area contributed by atoms with Crippen LogP contribution in [0.25, 0.3) is 6.08 Å². The van der Waals surface area contributed by atoms with Gasteiger partial charge in [-0.1, -0.05) is 36.4 Å². The summed E-state index contributed by atoms with van der Waals surface area (Å²) in [5.41, 5.74) is 3.46. The van der Waals surface area contributed by atoms with E-state index in [1.807, 2.05) is 6.07 Å². The topological polar surface area (TPSA) is 226 Å². The lowest BCUT2D eigenvalue weighted by Crippen LogP contribution is -2.67. The van der Waals surface area contributed by atoms with Gasteiger partial charge in [0, 0.05) is 5.57 Å². The number of aliphatic hydroxyl groups is 5. The number of phenolic OH excluding ortho intramolecular Hbond substituents is 1. The number of carbonyl (C=O) groups excluding carboxylic acids is 2. The summed E-state index contributed by atoms with van der Waals surface area (Å²) < 4.78 is 21.4. The summed E-state index contributed by atoms with van der Waals surface area (Å²) in [5.74, 6) is -2.05. The van der Waals surface area contributed by atoms with Crippen LogP contribution in [0.2, 0.25) is 0 Å². The van der Waals surface area contributed by atoms with E-state index in [1.54, 1.807) is 24.3 Å². The molecule has 2 saturated heterocycles. The zero-order chi connectivity index (χ0) is 31.5. The van der Waals surface area contributed by atoms with Gasteiger partial charge in [-0.05, 0) is 36.3 Å². The van der Waals surface area contributed by atoms with Gasteiger partial charge >= 0.3 is 0 Å². The molecule has 2 aliphatic heterocycles. The minimum absolute atomic E-state index is 0.0621. The van der Waals surface area contributed by atoms with Crippen molar-refractivity contribution in [3.8, 4) is 11.5 Å². The van der Waals surface area contributed by atoms with Gasteiger partial charge in [0.2, 0.25) is 12.2 Å². The predicted octanol–water partition coefficient (Wildman–Crippen LogP) is -1.81. The highest BCUT2D eigenvalue weighted by atomic mass is 16.7. The van der Waals surface area contributed by atoms with Crippen LogP contribution in [-0.4, -0.2) is 110 Å². The number of nitrogens with one attached hydrogen (secondary N) is 2. The van der Waals surface area contributed by atoms with Crippen LogP contribution in [0.3, 0.4) is 0 Å². The first-order valence-electron chi connectivity index (χ1n) is 13.8. The van der Waals surface area contributed by atoms with Crippen LogP contribution in [0.15, 0.2) is 54.1 Å². The lowest BCUT2D eigenvalue weighted by molar-refractivity contribution is -0.157. The lowest BCUT2D eigenvalue weighted by atomic mass is 9.83.